The number of fused-ring (bicyclic) bond motifs is 1. The lowest BCUT2D eigenvalue weighted by Gasteiger charge is -2.35. The second-order valence-corrected chi connectivity index (χ2v) is 8.89. The maximum Gasteiger partial charge on any atom is 0.231 e. The predicted octanol–water partition coefficient (Wildman–Crippen LogP) is 2.76. The zero-order valence-electron chi connectivity index (χ0n) is 17.0. The highest BCUT2D eigenvalue weighted by Crippen LogP contribution is 2.33. The third-order valence-electron chi connectivity index (χ3n) is 5.52. The van der Waals surface area contributed by atoms with Crippen molar-refractivity contribution in [2.45, 2.75) is 18.9 Å². The highest BCUT2D eigenvalue weighted by Gasteiger charge is 2.24. The van der Waals surface area contributed by atoms with Crippen LogP contribution in [0.2, 0.25) is 0 Å². The molecule has 162 valence electrons. The standard InChI is InChI=1S/C21H24FN7OS/c22-15-11-14(3-4-17(15)29-8-6-28(7-9-29)12-18(23)30)25-21-26-16-5-10-31-19(16)20(27-21)24-13-1-2-13/h3-5,10-11,13H,1-2,6-9,12H2,(H2,23,30)(H2,24,25,26,27). The topological polar surface area (TPSA) is 99.4 Å². The molecular formula is C21H24FN7OS. The van der Waals surface area contributed by atoms with Gasteiger partial charge in [-0.25, -0.2) is 9.37 Å². The first-order valence-corrected chi connectivity index (χ1v) is 11.3. The zero-order valence-corrected chi connectivity index (χ0v) is 17.8. The number of hydrogen-bond acceptors (Lipinski definition) is 8. The Morgan fingerprint density at radius 3 is 2.71 bits per heavy atom. The molecule has 2 fully saturated rings. The molecule has 0 bridgehead atoms. The van der Waals surface area contributed by atoms with Crippen LogP contribution in [-0.2, 0) is 4.79 Å². The smallest absolute Gasteiger partial charge is 0.231 e. The van der Waals surface area contributed by atoms with Crippen LogP contribution < -0.4 is 21.3 Å². The molecule has 10 heteroatoms. The van der Waals surface area contributed by atoms with E-state index in [0.717, 1.165) is 28.9 Å². The third-order valence-corrected chi connectivity index (χ3v) is 6.43. The van der Waals surface area contributed by atoms with E-state index in [2.05, 4.69) is 20.6 Å². The molecule has 3 aromatic rings. The fourth-order valence-corrected chi connectivity index (χ4v) is 4.56. The molecule has 1 saturated heterocycles. The second-order valence-electron chi connectivity index (χ2n) is 7.97. The number of nitrogens with two attached hydrogens (primary N) is 1. The summed E-state index contributed by atoms with van der Waals surface area (Å²) in [7, 11) is 0. The number of primary amides is 1. The molecule has 1 aromatic carbocycles. The quantitative estimate of drug-likeness (QED) is 0.518. The summed E-state index contributed by atoms with van der Waals surface area (Å²) in [5, 5.41) is 8.60. The van der Waals surface area contributed by atoms with Gasteiger partial charge in [-0.3, -0.25) is 9.69 Å². The molecule has 2 aromatic heterocycles. The van der Waals surface area contributed by atoms with Crippen molar-refractivity contribution in [3.63, 3.8) is 0 Å². The van der Waals surface area contributed by atoms with Crippen LogP contribution >= 0.6 is 11.3 Å². The van der Waals surface area contributed by atoms with E-state index in [0.29, 0.717) is 49.5 Å². The minimum Gasteiger partial charge on any atom is -0.369 e. The number of thiophene rings is 1. The van der Waals surface area contributed by atoms with E-state index in [1.165, 1.54) is 6.07 Å². The molecule has 1 aliphatic heterocycles. The molecule has 31 heavy (non-hydrogen) atoms. The maximum atomic E-state index is 14.9. The lowest BCUT2D eigenvalue weighted by Crippen LogP contribution is -2.49. The summed E-state index contributed by atoms with van der Waals surface area (Å²) in [4.78, 5) is 24.2. The number of piperazine rings is 1. The molecule has 4 N–H and O–H groups in total. The summed E-state index contributed by atoms with van der Waals surface area (Å²) in [5.41, 5.74) is 7.28. The average Bonchev–Trinajstić information content (AvgIpc) is 3.42. The number of aromatic nitrogens is 2. The van der Waals surface area contributed by atoms with E-state index in [1.54, 1.807) is 17.4 Å². The molecule has 8 nitrogen and oxygen atoms in total. The van der Waals surface area contributed by atoms with Gasteiger partial charge in [0.15, 0.2) is 0 Å². The zero-order chi connectivity index (χ0) is 21.4. The van der Waals surface area contributed by atoms with Crippen molar-refractivity contribution in [2.24, 2.45) is 5.73 Å². The van der Waals surface area contributed by atoms with Gasteiger partial charge in [-0.1, -0.05) is 0 Å². The van der Waals surface area contributed by atoms with E-state index < -0.39 is 0 Å². The summed E-state index contributed by atoms with van der Waals surface area (Å²) in [5.74, 6) is 0.631. The van der Waals surface area contributed by atoms with Gasteiger partial charge in [0, 0.05) is 37.9 Å². The number of hydrogen-bond donors (Lipinski definition) is 3. The minimum absolute atomic E-state index is 0.241. The number of carbonyl (C=O) groups is 1. The van der Waals surface area contributed by atoms with E-state index in [4.69, 9.17) is 5.73 Å². The van der Waals surface area contributed by atoms with Gasteiger partial charge < -0.3 is 21.3 Å². The number of benzene rings is 1. The SMILES string of the molecule is NC(=O)CN1CCN(c2ccc(Nc3nc(NC4CC4)c4sccc4n3)cc2F)CC1. The lowest BCUT2D eigenvalue weighted by atomic mass is 10.2. The lowest BCUT2D eigenvalue weighted by molar-refractivity contribution is -0.119. The van der Waals surface area contributed by atoms with Crippen molar-refractivity contribution in [1.82, 2.24) is 14.9 Å². The first-order chi connectivity index (χ1) is 15.0. The monoisotopic (exact) mass is 441 g/mol. The predicted molar refractivity (Wildman–Crippen MR) is 122 cm³/mol. The van der Waals surface area contributed by atoms with Crippen molar-refractivity contribution in [3.8, 4) is 0 Å². The third kappa shape index (κ3) is 4.54. The number of nitrogens with zero attached hydrogens (tertiary/aromatic N) is 4. The molecule has 5 rings (SSSR count). The maximum absolute atomic E-state index is 14.9. The van der Waals surface area contributed by atoms with Gasteiger partial charge in [0.25, 0.3) is 0 Å². The fourth-order valence-electron chi connectivity index (χ4n) is 3.78. The van der Waals surface area contributed by atoms with Crippen LogP contribution in [0.3, 0.4) is 0 Å². The molecule has 0 atom stereocenters. The largest absolute Gasteiger partial charge is 0.369 e. The molecule has 0 unspecified atom stereocenters. The second kappa shape index (κ2) is 8.27. The van der Waals surface area contributed by atoms with Crippen LogP contribution in [0, 0.1) is 5.82 Å². The van der Waals surface area contributed by atoms with Gasteiger partial charge in [-0.2, -0.15) is 4.98 Å². The molecule has 2 aliphatic rings. The van der Waals surface area contributed by atoms with E-state index in [9.17, 15) is 9.18 Å². The number of amides is 1. The first kappa shape index (κ1) is 20.0. The molecule has 0 spiro atoms. The molecule has 1 aliphatic carbocycles. The Balaban J connectivity index is 1.30. The van der Waals surface area contributed by atoms with Crippen molar-refractivity contribution in [2.75, 3.05) is 48.3 Å². The van der Waals surface area contributed by atoms with E-state index in [1.807, 2.05) is 27.3 Å². The van der Waals surface area contributed by atoms with Crippen LogP contribution in [0.15, 0.2) is 29.6 Å². The van der Waals surface area contributed by atoms with E-state index in [-0.39, 0.29) is 18.3 Å². The molecule has 1 amide bonds. The van der Waals surface area contributed by atoms with Crippen LogP contribution in [0.5, 0.6) is 0 Å². The van der Waals surface area contributed by atoms with E-state index >= 15 is 0 Å². The van der Waals surface area contributed by atoms with Gasteiger partial charge in [0.2, 0.25) is 11.9 Å². The Morgan fingerprint density at radius 1 is 1.19 bits per heavy atom. The fraction of sp³-hybridized carbons (Fsp3) is 0.381. The molecule has 3 heterocycles. The van der Waals surface area contributed by atoms with Crippen molar-refractivity contribution < 1.29 is 9.18 Å². The first-order valence-electron chi connectivity index (χ1n) is 10.4. The number of nitrogens with one attached hydrogen (secondary N) is 2. The summed E-state index contributed by atoms with van der Waals surface area (Å²) < 4.78 is 15.9. The molecule has 0 radical (unpaired) electrons. The highest BCUT2D eigenvalue weighted by atomic mass is 32.1. The highest BCUT2D eigenvalue weighted by molar-refractivity contribution is 7.17. The Kier molecular flexibility index (Phi) is 5.33. The molecule has 1 saturated carbocycles. The Morgan fingerprint density at radius 2 is 2.00 bits per heavy atom. The van der Waals surface area contributed by atoms with Gasteiger partial charge >= 0.3 is 0 Å². The van der Waals surface area contributed by atoms with Crippen LogP contribution in [0.25, 0.3) is 10.2 Å². The van der Waals surface area contributed by atoms with Gasteiger partial charge in [0.05, 0.1) is 22.4 Å². The number of anilines is 4. The Bertz CT molecular complexity index is 1110. The van der Waals surface area contributed by atoms with Crippen molar-refractivity contribution in [3.05, 3.63) is 35.5 Å². The Hall–Kier alpha value is -2.98. The average molecular weight is 442 g/mol. The summed E-state index contributed by atoms with van der Waals surface area (Å²) in [6.07, 6.45) is 2.31. The summed E-state index contributed by atoms with van der Waals surface area (Å²) in [6.45, 7) is 2.88. The van der Waals surface area contributed by atoms with Gasteiger partial charge in [-0.05, 0) is 42.5 Å². The Labute approximate surface area is 183 Å². The van der Waals surface area contributed by atoms with Crippen LogP contribution in [0.4, 0.5) is 27.5 Å². The van der Waals surface area contributed by atoms with Crippen LogP contribution in [-0.4, -0.2) is 59.5 Å². The minimum atomic E-state index is -0.339. The van der Waals surface area contributed by atoms with Gasteiger partial charge in [-0.15, -0.1) is 11.3 Å². The number of halogens is 1. The summed E-state index contributed by atoms with van der Waals surface area (Å²) >= 11 is 1.61. The molecular weight excluding hydrogens is 417 g/mol. The summed E-state index contributed by atoms with van der Waals surface area (Å²) in [6, 6.07) is 7.53. The van der Waals surface area contributed by atoms with Crippen molar-refractivity contribution in [1.29, 1.82) is 0 Å². The number of rotatable bonds is 7. The van der Waals surface area contributed by atoms with Crippen molar-refractivity contribution >= 4 is 50.6 Å². The van der Waals surface area contributed by atoms with Crippen LogP contribution in [0.1, 0.15) is 12.8 Å². The van der Waals surface area contributed by atoms with Gasteiger partial charge in [0.1, 0.15) is 11.6 Å². The number of carbonyl (C=O) groups excluding carboxylic acids is 1. The normalized spacial score (nSPS) is 17.1.